The second kappa shape index (κ2) is 4.91. The summed E-state index contributed by atoms with van der Waals surface area (Å²) in [5, 5.41) is 7.32. The monoisotopic (exact) mass is 248 g/mol. The van der Waals surface area contributed by atoms with Gasteiger partial charge in [-0.1, -0.05) is 5.16 Å². The second-order valence-corrected chi connectivity index (χ2v) is 4.58. The van der Waals surface area contributed by atoms with E-state index in [1.54, 1.807) is 6.26 Å². The standard InChI is InChI=1S/C12H16N4O2/c1-9-7-16(5-4-13-9)8-11-14-12(15-18-11)10-3-2-6-17-10/h2-3,6,9,13H,4-5,7-8H2,1H3/t9-/m0/s1. The van der Waals surface area contributed by atoms with Crippen molar-refractivity contribution < 1.29 is 8.94 Å². The molecule has 3 heterocycles. The molecule has 18 heavy (non-hydrogen) atoms. The van der Waals surface area contributed by atoms with Gasteiger partial charge in [-0.05, 0) is 19.1 Å². The number of nitrogens with zero attached hydrogens (tertiary/aromatic N) is 3. The third kappa shape index (κ3) is 2.44. The summed E-state index contributed by atoms with van der Waals surface area (Å²) in [5.41, 5.74) is 0. The van der Waals surface area contributed by atoms with Crippen LogP contribution in [0.2, 0.25) is 0 Å². The third-order valence-corrected chi connectivity index (χ3v) is 3.02. The maximum absolute atomic E-state index is 5.24. The quantitative estimate of drug-likeness (QED) is 0.878. The van der Waals surface area contributed by atoms with Crippen LogP contribution in [0, 0.1) is 0 Å². The molecule has 1 N–H and O–H groups in total. The Hall–Kier alpha value is -1.66. The van der Waals surface area contributed by atoms with Gasteiger partial charge >= 0.3 is 0 Å². The van der Waals surface area contributed by atoms with Gasteiger partial charge in [-0.3, -0.25) is 4.90 Å². The van der Waals surface area contributed by atoms with E-state index in [4.69, 9.17) is 8.94 Å². The molecule has 1 aliphatic heterocycles. The average Bonchev–Trinajstić information content (AvgIpc) is 2.98. The first-order valence-corrected chi connectivity index (χ1v) is 6.13. The summed E-state index contributed by atoms with van der Waals surface area (Å²) in [7, 11) is 0. The summed E-state index contributed by atoms with van der Waals surface area (Å²) in [5.74, 6) is 1.78. The zero-order valence-electron chi connectivity index (χ0n) is 10.3. The molecule has 1 atom stereocenters. The molecule has 1 fully saturated rings. The van der Waals surface area contributed by atoms with Crippen molar-refractivity contribution in [2.45, 2.75) is 19.5 Å². The van der Waals surface area contributed by atoms with Crippen LogP contribution in [0.25, 0.3) is 11.6 Å². The van der Waals surface area contributed by atoms with Gasteiger partial charge in [-0.2, -0.15) is 4.98 Å². The van der Waals surface area contributed by atoms with E-state index in [1.165, 1.54) is 0 Å². The Balaban J connectivity index is 1.66. The number of hydrogen-bond acceptors (Lipinski definition) is 6. The van der Waals surface area contributed by atoms with Crippen LogP contribution in [0.3, 0.4) is 0 Å². The molecule has 0 unspecified atom stereocenters. The van der Waals surface area contributed by atoms with E-state index in [9.17, 15) is 0 Å². The second-order valence-electron chi connectivity index (χ2n) is 4.58. The first kappa shape index (κ1) is 11.4. The summed E-state index contributed by atoms with van der Waals surface area (Å²) in [6.07, 6.45) is 1.60. The van der Waals surface area contributed by atoms with Crippen molar-refractivity contribution in [1.82, 2.24) is 20.4 Å². The zero-order valence-corrected chi connectivity index (χ0v) is 10.3. The van der Waals surface area contributed by atoms with Crippen molar-refractivity contribution >= 4 is 0 Å². The van der Waals surface area contributed by atoms with E-state index >= 15 is 0 Å². The van der Waals surface area contributed by atoms with Crippen LogP contribution in [-0.4, -0.2) is 40.7 Å². The minimum atomic E-state index is 0.506. The number of nitrogens with one attached hydrogen (secondary N) is 1. The van der Waals surface area contributed by atoms with Crippen molar-refractivity contribution in [2.24, 2.45) is 0 Å². The molecule has 0 spiro atoms. The summed E-state index contributed by atoms with van der Waals surface area (Å²) < 4.78 is 10.5. The molecule has 2 aromatic rings. The van der Waals surface area contributed by atoms with Gasteiger partial charge in [0.2, 0.25) is 11.7 Å². The fraction of sp³-hybridized carbons (Fsp3) is 0.500. The molecule has 0 bridgehead atoms. The number of hydrogen-bond donors (Lipinski definition) is 1. The SMILES string of the molecule is C[C@H]1CN(Cc2nc(-c3ccco3)no2)CCN1. The van der Waals surface area contributed by atoms with Gasteiger partial charge in [0.05, 0.1) is 12.8 Å². The molecule has 0 aliphatic carbocycles. The average molecular weight is 248 g/mol. The Morgan fingerprint density at radius 3 is 3.28 bits per heavy atom. The van der Waals surface area contributed by atoms with E-state index in [-0.39, 0.29) is 0 Å². The maximum atomic E-state index is 5.24. The molecule has 6 nitrogen and oxygen atoms in total. The predicted molar refractivity (Wildman–Crippen MR) is 64.7 cm³/mol. The first-order valence-electron chi connectivity index (χ1n) is 6.13. The van der Waals surface area contributed by atoms with Crippen molar-refractivity contribution in [3.63, 3.8) is 0 Å². The first-order chi connectivity index (χ1) is 8.81. The Kier molecular flexibility index (Phi) is 3.12. The minimum Gasteiger partial charge on any atom is -0.461 e. The van der Waals surface area contributed by atoms with Gasteiger partial charge in [0.25, 0.3) is 0 Å². The van der Waals surface area contributed by atoms with Gasteiger partial charge in [0.1, 0.15) is 0 Å². The Morgan fingerprint density at radius 2 is 2.50 bits per heavy atom. The predicted octanol–water partition coefficient (Wildman–Crippen LogP) is 1.12. The minimum absolute atomic E-state index is 0.506. The molecule has 6 heteroatoms. The fourth-order valence-corrected chi connectivity index (χ4v) is 2.17. The number of furan rings is 1. The van der Waals surface area contributed by atoms with Crippen LogP contribution in [0.5, 0.6) is 0 Å². The lowest BCUT2D eigenvalue weighted by Gasteiger charge is -2.30. The highest BCUT2D eigenvalue weighted by Crippen LogP contribution is 2.16. The van der Waals surface area contributed by atoms with E-state index < -0.39 is 0 Å². The Morgan fingerprint density at radius 1 is 1.56 bits per heavy atom. The van der Waals surface area contributed by atoms with Crippen molar-refractivity contribution in [1.29, 1.82) is 0 Å². The van der Waals surface area contributed by atoms with Crippen LogP contribution in [-0.2, 0) is 6.54 Å². The molecule has 0 aromatic carbocycles. The van der Waals surface area contributed by atoms with Gasteiger partial charge < -0.3 is 14.3 Å². The molecule has 3 rings (SSSR count). The lowest BCUT2D eigenvalue weighted by Crippen LogP contribution is -2.48. The number of piperazine rings is 1. The molecular weight excluding hydrogens is 232 g/mol. The molecule has 96 valence electrons. The Bertz CT molecular complexity index is 494. The van der Waals surface area contributed by atoms with Gasteiger partial charge in [0.15, 0.2) is 5.76 Å². The summed E-state index contributed by atoms with van der Waals surface area (Å²) in [4.78, 5) is 6.64. The van der Waals surface area contributed by atoms with Crippen LogP contribution in [0.1, 0.15) is 12.8 Å². The van der Waals surface area contributed by atoms with Crippen molar-refractivity contribution in [3.05, 3.63) is 24.3 Å². The largest absolute Gasteiger partial charge is 0.461 e. The van der Waals surface area contributed by atoms with Crippen LogP contribution >= 0.6 is 0 Å². The van der Waals surface area contributed by atoms with Gasteiger partial charge in [-0.15, -0.1) is 0 Å². The molecule has 0 radical (unpaired) electrons. The molecule has 2 aromatic heterocycles. The Labute approximate surface area is 105 Å². The van der Waals surface area contributed by atoms with Crippen LogP contribution in [0.15, 0.2) is 27.3 Å². The number of aromatic nitrogens is 2. The van der Waals surface area contributed by atoms with Crippen LogP contribution < -0.4 is 5.32 Å². The molecule has 0 saturated carbocycles. The van der Waals surface area contributed by atoms with E-state index in [1.807, 2.05) is 12.1 Å². The smallest absolute Gasteiger partial charge is 0.241 e. The van der Waals surface area contributed by atoms with Gasteiger partial charge in [-0.25, -0.2) is 0 Å². The maximum Gasteiger partial charge on any atom is 0.241 e. The highest BCUT2D eigenvalue weighted by molar-refractivity contribution is 5.44. The van der Waals surface area contributed by atoms with E-state index in [0.29, 0.717) is 30.1 Å². The van der Waals surface area contributed by atoms with Crippen LogP contribution in [0.4, 0.5) is 0 Å². The summed E-state index contributed by atoms with van der Waals surface area (Å²) in [6.45, 7) is 5.87. The highest BCUT2D eigenvalue weighted by Gasteiger charge is 2.19. The zero-order chi connectivity index (χ0) is 12.4. The van der Waals surface area contributed by atoms with Gasteiger partial charge in [0, 0.05) is 25.7 Å². The number of rotatable bonds is 3. The topological polar surface area (TPSA) is 67.3 Å². The third-order valence-electron chi connectivity index (χ3n) is 3.02. The summed E-state index contributed by atoms with van der Waals surface area (Å²) >= 11 is 0. The van der Waals surface area contributed by atoms with E-state index in [2.05, 4.69) is 27.3 Å². The van der Waals surface area contributed by atoms with E-state index in [0.717, 1.165) is 19.6 Å². The fourth-order valence-electron chi connectivity index (χ4n) is 2.17. The molecule has 0 amide bonds. The lowest BCUT2D eigenvalue weighted by atomic mass is 10.2. The normalized spacial score (nSPS) is 21.3. The highest BCUT2D eigenvalue weighted by atomic mass is 16.5. The van der Waals surface area contributed by atoms with Crippen molar-refractivity contribution in [2.75, 3.05) is 19.6 Å². The molecule has 1 aliphatic rings. The van der Waals surface area contributed by atoms with Crippen molar-refractivity contribution in [3.8, 4) is 11.6 Å². The molecular formula is C12H16N4O2. The summed E-state index contributed by atoms with van der Waals surface area (Å²) in [6, 6.07) is 4.14. The lowest BCUT2D eigenvalue weighted by molar-refractivity contribution is 0.177. The molecule has 1 saturated heterocycles.